The number of benzene rings is 20. The highest BCUT2D eigenvalue weighted by Gasteiger charge is 2.25. The normalized spacial score (nSPS) is 18.1. The summed E-state index contributed by atoms with van der Waals surface area (Å²) in [5.41, 5.74) is -3.68. The molecule has 472 valence electrons. The van der Waals surface area contributed by atoms with Gasteiger partial charge in [0.05, 0.1) is 61.7 Å². The molecular formula is C100H60O2. The van der Waals surface area contributed by atoms with E-state index < -0.39 is 397 Å². The Labute approximate surface area is 650 Å². The van der Waals surface area contributed by atoms with Crippen LogP contribution in [-0.2, 0) is 0 Å². The molecule has 0 aliphatic rings. The van der Waals surface area contributed by atoms with Crippen LogP contribution in [0.15, 0.2) is 372 Å². The first kappa shape index (κ1) is 28.8. The molecule has 2 heterocycles. The molecule has 0 saturated carbocycles. The van der Waals surface area contributed by atoms with Crippen LogP contribution in [-0.4, -0.2) is 0 Å². The molecule has 2 heteroatoms. The number of furan rings is 2. The third-order valence-corrected chi connectivity index (χ3v) is 18.4. The summed E-state index contributed by atoms with van der Waals surface area (Å²) in [5.74, 6) is 0. The van der Waals surface area contributed by atoms with Crippen molar-refractivity contribution in [1.82, 2.24) is 0 Å². The van der Waals surface area contributed by atoms with Gasteiger partial charge in [0.15, 0.2) is 0 Å². The van der Waals surface area contributed by atoms with Gasteiger partial charge in [0.25, 0.3) is 0 Å². The molecule has 102 heavy (non-hydrogen) atoms. The summed E-state index contributed by atoms with van der Waals surface area (Å²) in [6, 6.07) is -10.0. The van der Waals surface area contributed by atoms with Crippen LogP contribution in [0.1, 0.15) is 61.7 Å². The van der Waals surface area contributed by atoms with Crippen LogP contribution in [0, 0.1) is 0 Å². The Balaban J connectivity index is 0.000000176. The Kier molecular flexibility index (Phi) is 6.53. The third kappa shape index (κ3) is 8.86. The van der Waals surface area contributed by atoms with E-state index >= 15 is 0 Å². The van der Waals surface area contributed by atoms with E-state index in [1.54, 1.807) is 12.1 Å². The summed E-state index contributed by atoms with van der Waals surface area (Å²) in [6.45, 7) is 0. The van der Waals surface area contributed by atoms with Crippen molar-refractivity contribution in [2.45, 2.75) is 0 Å². The van der Waals surface area contributed by atoms with Crippen molar-refractivity contribution in [2.24, 2.45) is 0 Å². The first-order chi connectivity index (χ1) is 69.4. The van der Waals surface area contributed by atoms with Gasteiger partial charge in [0.2, 0.25) is 0 Å². The van der Waals surface area contributed by atoms with Gasteiger partial charge in [-0.3, -0.25) is 0 Å². The van der Waals surface area contributed by atoms with E-state index in [4.69, 9.17) is 47.2 Å². The third-order valence-electron chi connectivity index (χ3n) is 18.4. The number of para-hydroxylation sites is 2. The maximum absolute atomic E-state index is 10.0. The summed E-state index contributed by atoms with van der Waals surface area (Å²) < 4.78 is 422. The molecule has 0 N–H and O–H groups in total. The Morgan fingerprint density at radius 2 is 0.618 bits per heavy atom. The number of hydrogen-bond donors (Lipinski definition) is 0. The van der Waals surface area contributed by atoms with Crippen LogP contribution in [0.3, 0.4) is 0 Å². The molecule has 0 saturated heterocycles. The first-order valence-corrected chi connectivity index (χ1v) is 31.5. The molecule has 2 nitrogen and oxygen atoms in total. The minimum Gasteiger partial charge on any atom is -0.455 e. The zero-order valence-corrected chi connectivity index (χ0v) is 52.0. The topological polar surface area (TPSA) is 26.3 Å². The molecule has 0 radical (unpaired) electrons. The van der Waals surface area contributed by atoms with Crippen LogP contribution < -0.4 is 0 Å². The van der Waals surface area contributed by atoms with E-state index in [1.165, 1.54) is 0 Å². The van der Waals surface area contributed by atoms with Gasteiger partial charge >= 0.3 is 0 Å². The lowest BCUT2D eigenvalue weighted by atomic mass is 9.83. The zero-order chi connectivity index (χ0) is 106. The molecule has 0 spiro atoms. The van der Waals surface area contributed by atoms with E-state index in [0.717, 1.165) is 32.7 Å². The fourth-order valence-electron chi connectivity index (χ4n) is 14.2. The monoisotopic (exact) mass is 1340 g/mol. The van der Waals surface area contributed by atoms with E-state index in [-0.39, 0.29) is 32.7 Å². The Bertz CT molecular complexity index is 9960. The van der Waals surface area contributed by atoms with Crippen molar-refractivity contribution in [3.8, 4) is 66.8 Å². The van der Waals surface area contributed by atoms with Crippen molar-refractivity contribution in [3.05, 3.63) is 363 Å². The standard InChI is InChI=1S/2C50H30O/c1-3-16-33-31(13-1)15-11-24-38(33)47-39-20-7-9-22-41(39)48(42-23-10-8-21-40(42)47)43-29-28-37(35-18-5-6-19-36(35)43)44-25-12-26-45-49-34-17-4-2-14-32(34)27-30-46(49)51-50(44)45;1-2-14-33-30-34(25-24-31(33)12-1)47-39-18-7-9-20-41(39)48(42-21-10-8-19-40(42)47)43-28-27-38(36-16-5-6-17-37(36)43)44-22-11-23-45-49-35-15-4-3-13-32(35)26-29-46(49)51-50(44)45/h2*1-30H/i1D,2D,3D,4D,5D,6D,7D,8D,9D,10D,11D,12D,13D,14D,15D,16D,17D,18D,19D,20D,21D,22D,23D,24D,25D,26D,27D,28D,29D,30D;1D,2D,7D,8D,9D,10D,12D,14D,18D,19D,20D,21D,24D,25D,30D. The molecular weight excluding hydrogens is 1230 g/mol. The van der Waals surface area contributed by atoms with Gasteiger partial charge in [-0.25, -0.2) is 0 Å². The molecule has 0 aliphatic carbocycles. The van der Waals surface area contributed by atoms with Gasteiger partial charge < -0.3 is 8.83 Å². The van der Waals surface area contributed by atoms with Crippen molar-refractivity contribution in [2.75, 3.05) is 0 Å². The second-order valence-corrected chi connectivity index (χ2v) is 23.7. The minimum atomic E-state index is -1.15. The average molecular weight is 1340 g/mol. The second-order valence-electron chi connectivity index (χ2n) is 23.7. The van der Waals surface area contributed by atoms with Crippen molar-refractivity contribution in [3.63, 3.8) is 0 Å². The lowest BCUT2D eigenvalue weighted by Crippen LogP contribution is -1.93. The van der Waals surface area contributed by atoms with Crippen LogP contribution in [0.25, 0.3) is 218 Å². The first-order valence-electron chi connectivity index (χ1n) is 54.0. The highest BCUT2D eigenvalue weighted by molar-refractivity contribution is 6.29. The lowest BCUT2D eigenvalue weighted by molar-refractivity contribution is 0.670. The van der Waals surface area contributed by atoms with Gasteiger partial charge in [0.1, 0.15) is 22.3 Å². The molecule has 2 aromatic heterocycles. The van der Waals surface area contributed by atoms with E-state index in [1.807, 2.05) is 72.8 Å². The van der Waals surface area contributed by atoms with Crippen LogP contribution in [0.5, 0.6) is 0 Å². The number of hydrogen-bond acceptors (Lipinski definition) is 2. The lowest BCUT2D eigenvalue weighted by Gasteiger charge is -2.20. The molecule has 0 aliphatic heterocycles. The van der Waals surface area contributed by atoms with E-state index in [0.29, 0.717) is 27.5 Å². The zero-order valence-electron chi connectivity index (χ0n) is 97.0. The van der Waals surface area contributed by atoms with Gasteiger partial charge in [-0.1, -0.05) is 345 Å². The average Bonchev–Trinajstić information content (AvgIpc) is 0.960. The predicted octanol–water partition coefficient (Wildman–Crippen LogP) is 28.7. The second kappa shape index (κ2) is 23.1. The van der Waals surface area contributed by atoms with E-state index in [2.05, 4.69) is 6.07 Å². The molecule has 20 aromatic carbocycles. The minimum absolute atomic E-state index is 0.0331. The molecule has 0 fully saturated rings. The SMILES string of the molecule is [2H]c1c([2H])c([2H])c2c([2H])c(-c3c4c([2H])c([2H])c([2H])c([2H])c4c(-c4ccc(-c5cccc6c5oc5ccc7ccccc7c56)c5ccccc45)c4c([2H])c([2H])c([2H])c([2H])c34)c([2H])c([2H])c2c1[2H].[2H]c1c([2H])c([2H])c2c(oc3c([2H])c([2H])c4c([2H])c([2H])c([2H])c([2H])c4c32)c1-c1c([2H])c([2H])c(-c2c3c([2H])c([2H])c([2H])c([2H])c3c(-c3c([2H])c([2H])c([2H])c4c([2H])c([2H])c([2H])c([2H])c34)c3c([2H])c([2H])c([2H])c([2H])c23)c2c([2H])c([2H])c([2H])c([2H])c12. The smallest absolute Gasteiger partial charge is 0.143 e. The highest BCUT2D eigenvalue weighted by Crippen LogP contribution is 2.52. The predicted molar refractivity (Wildman–Crippen MR) is 435 cm³/mol. The van der Waals surface area contributed by atoms with Crippen molar-refractivity contribution >= 4 is 152 Å². The summed E-state index contributed by atoms with van der Waals surface area (Å²) in [4.78, 5) is 0. The Hall–Kier alpha value is -13.4. The van der Waals surface area contributed by atoms with E-state index in [9.17, 15) is 23.3 Å². The van der Waals surface area contributed by atoms with Crippen molar-refractivity contribution < 1.29 is 70.5 Å². The molecule has 22 rings (SSSR count). The fraction of sp³-hybridized carbons (Fsp3) is 0. The molecule has 22 aromatic rings. The van der Waals surface area contributed by atoms with Crippen molar-refractivity contribution in [1.29, 1.82) is 0 Å². The molecule has 0 atom stereocenters. The largest absolute Gasteiger partial charge is 0.455 e. The van der Waals surface area contributed by atoms with Gasteiger partial charge in [0, 0.05) is 32.7 Å². The highest BCUT2D eigenvalue weighted by atomic mass is 16.3. The van der Waals surface area contributed by atoms with Gasteiger partial charge in [-0.15, -0.1) is 0 Å². The number of rotatable bonds is 6. The number of fused-ring (bicyclic) bond motifs is 18. The van der Waals surface area contributed by atoms with Gasteiger partial charge in [-0.2, -0.15) is 0 Å². The quantitative estimate of drug-likeness (QED) is 0.155. The Morgan fingerprint density at radius 3 is 1.29 bits per heavy atom. The molecule has 0 bridgehead atoms. The van der Waals surface area contributed by atoms with Crippen LogP contribution >= 0.6 is 0 Å². The van der Waals surface area contributed by atoms with Crippen LogP contribution in [0.2, 0.25) is 0 Å². The summed E-state index contributed by atoms with van der Waals surface area (Å²) in [7, 11) is 0. The maximum Gasteiger partial charge on any atom is 0.143 e. The summed E-state index contributed by atoms with van der Waals surface area (Å²) in [6.07, 6.45) is 0. The molecule has 0 unspecified atom stereocenters. The summed E-state index contributed by atoms with van der Waals surface area (Å²) >= 11 is 0. The summed E-state index contributed by atoms with van der Waals surface area (Å²) in [5, 5.41) is -4.64. The molecule has 0 amide bonds. The maximum atomic E-state index is 10.0. The van der Waals surface area contributed by atoms with Gasteiger partial charge in [-0.05, 0) is 182 Å². The van der Waals surface area contributed by atoms with Crippen LogP contribution in [0.4, 0.5) is 0 Å². The fourth-order valence-corrected chi connectivity index (χ4v) is 14.2. The Morgan fingerprint density at radius 1 is 0.186 bits per heavy atom.